The number of hydrogen-bond donors (Lipinski definition) is 1. The van der Waals surface area contributed by atoms with Crippen LogP contribution in [0.1, 0.15) is 12.8 Å². The number of amides is 2. The van der Waals surface area contributed by atoms with Crippen LogP contribution in [0.25, 0.3) is 0 Å². The minimum atomic E-state index is -0.346. The highest BCUT2D eigenvalue weighted by molar-refractivity contribution is 6.34. The van der Waals surface area contributed by atoms with E-state index in [2.05, 4.69) is 0 Å². The molecule has 1 aliphatic heterocycles. The van der Waals surface area contributed by atoms with Gasteiger partial charge in [-0.3, -0.25) is 0 Å². The van der Waals surface area contributed by atoms with Gasteiger partial charge in [0.1, 0.15) is 5.75 Å². The molecule has 104 valence electrons. The fourth-order valence-corrected chi connectivity index (χ4v) is 2.65. The van der Waals surface area contributed by atoms with Crippen molar-refractivity contribution < 1.29 is 9.53 Å². The monoisotopic (exact) mass is 302 g/mol. The fraction of sp³-hybridized carbons (Fsp3) is 0.462. The number of urea groups is 1. The summed E-state index contributed by atoms with van der Waals surface area (Å²) in [7, 11) is 0. The number of nitrogens with zero attached hydrogens (tertiary/aromatic N) is 1. The molecule has 0 radical (unpaired) electrons. The molecule has 2 rings (SSSR count). The van der Waals surface area contributed by atoms with Crippen LogP contribution in [0.4, 0.5) is 4.79 Å². The van der Waals surface area contributed by atoms with E-state index < -0.39 is 0 Å². The first-order valence-electron chi connectivity index (χ1n) is 6.18. The largest absolute Gasteiger partial charge is 0.493 e. The second-order valence-electron chi connectivity index (χ2n) is 4.68. The molecule has 0 spiro atoms. The Labute approximate surface area is 122 Å². The molecule has 0 unspecified atom stereocenters. The second kappa shape index (κ2) is 6.35. The highest BCUT2D eigenvalue weighted by Gasteiger charge is 2.21. The molecule has 0 aliphatic carbocycles. The number of piperidine rings is 1. The fourth-order valence-electron chi connectivity index (χ4n) is 2.15. The number of primary amides is 1. The average molecular weight is 303 g/mol. The van der Waals surface area contributed by atoms with Gasteiger partial charge in [0, 0.05) is 23.1 Å². The van der Waals surface area contributed by atoms with Crippen LogP contribution in [0.15, 0.2) is 18.2 Å². The highest BCUT2D eigenvalue weighted by Crippen LogP contribution is 2.25. The minimum absolute atomic E-state index is 0.346. The van der Waals surface area contributed by atoms with Crippen LogP contribution in [-0.4, -0.2) is 30.6 Å². The lowest BCUT2D eigenvalue weighted by Gasteiger charge is -2.30. The van der Waals surface area contributed by atoms with Gasteiger partial charge in [-0.1, -0.05) is 23.2 Å². The number of benzene rings is 1. The van der Waals surface area contributed by atoms with Crippen molar-refractivity contribution in [2.75, 3.05) is 19.7 Å². The predicted octanol–water partition coefficient (Wildman–Crippen LogP) is 3.16. The van der Waals surface area contributed by atoms with Crippen molar-refractivity contribution in [2.24, 2.45) is 11.7 Å². The van der Waals surface area contributed by atoms with Gasteiger partial charge in [0.2, 0.25) is 0 Å². The summed E-state index contributed by atoms with van der Waals surface area (Å²) >= 11 is 11.8. The third-order valence-electron chi connectivity index (χ3n) is 3.25. The standard InChI is InChI=1S/C13H16Cl2N2O2/c14-10-5-11(15)7-12(6-10)19-8-9-1-3-17(4-2-9)13(16)18/h5-7,9H,1-4,8H2,(H2,16,18). The number of carbonyl (C=O) groups is 1. The molecule has 1 aromatic carbocycles. The van der Waals surface area contributed by atoms with Crippen molar-refractivity contribution in [1.29, 1.82) is 0 Å². The van der Waals surface area contributed by atoms with Crippen molar-refractivity contribution in [3.63, 3.8) is 0 Å². The van der Waals surface area contributed by atoms with E-state index in [-0.39, 0.29) is 6.03 Å². The van der Waals surface area contributed by atoms with Crippen LogP contribution in [-0.2, 0) is 0 Å². The van der Waals surface area contributed by atoms with Gasteiger partial charge in [-0.15, -0.1) is 0 Å². The number of hydrogen-bond acceptors (Lipinski definition) is 2. The Morgan fingerprint density at radius 2 is 1.84 bits per heavy atom. The number of ether oxygens (including phenoxy) is 1. The Morgan fingerprint density at radius 1 is 1.26 bits per heavy atom. The maximum Gasteiger partial charge on any atom is 0.314 e. The molecule has 1 aromatic rings. The molecule has 0 aromatic heterocycles. The van der Waals surface area contributed by atoms with E-state index in [0.717, 1.165) is 12.8 Å². The van der Waals surface area contributed by atoms with Crippen molar-refractivity contribution in [3.8, 4) is 5.75 Å². The molecule has 1 saturated heterocycles. The van der Waals surface area contributed by atoms with Gasteiger partial charge in [-0.2, -0.15) is 0 Å². The first-order chi connectivity index (χ1) is 9.04. The second-order valence-corrected chi connectivity index (χ2v) is 5.56. The molecule has 6 heteroatoms. The average Bonchev–Trinajstić information content (AvgIpc) is 2.36. The quantitative estimate of drug-likeness (QED) is 0.932. The summed E-state index contributed by atoms with van der Waals surface area (Å²) < 4.78 is 5.70. The molecule has 2 N–H and O–H groups in total. The van der Waals surface area contributed by atoms with E-state index >= 15 is 0 Å². The molecule has 1 aliphatic rings. The van der Waals surface area contributed by atoms with E-state index in [1.807, 2.05) is 0 Å². The summed E-state index contributed by atoms with van der Waals surface area (Å²) in [6.07, 6.45) is 1.80. The van der Waals surface area contributed by atoms with Crippen LogP contribution in [0.3, 0.4) is 0 Å². The van der Waals surface area contributed by atoms with E-state index in [4.69, 9.17) is 33.7 Å². The lowest BCUT2D eigenvalue weighted by atomic mass is 9.98. The summed E-state index contributed by atoms with van der Waals surface area (Å²) in [6, 6.07) is 4.81. The van der Waals surface area contributed by atoms with Gasteiger partial charge in [-0.25, -0.2) is 4.79 Å². The molecule has 0 bridgehead atoms. The Morgan fingerprint density at radius 3 is 2.37 bits per heavy atom. The third-order valence-corrected chi connectivity index (χ3v) is 3.68. The zero-order valence-electron chi connectivity index (χ0n) is 10.4. The zero-order valence-corrected chi connectivity index (χ0v) is 12.0. The van der Waals surface area contributed by atoms with Crippen molar-refractivity contribution in [2.45, 2.75) is 12.8 Å². The van der Waals surface area contributed by atoms with Gasteiger partial charge >= 0.3 is 6.03 Å². The van der Waals surface area contributed by atoms with E-state index in [0.29, 0.717) is 41.4 Å². The van der Waals surface area contributed by atoms with Gasteiger partial charge in [0.15, 0.2) is 0 Å². The highest BCUT2D eigenvalue weighted by atomic mass is 35.5. The predicted molar refractivity (Wildman–Crippen MR) is 75.8 cm³/mol. The normalized spacial score (nSPS) is 16.4. The molecular formula is C13H16Cl2N2O2. The Kier molecular flexibility index (Phi) is 4.77. The van der Waals surface area contributed by atoms with E-state index in [1.165, 1.54) is 0 Å². The molecule has 0 saturated carbocycles. The number of carbonyl (C=O) groups excluding carboxylic acids is 1. The molecule has 1 fully saturated rings. The molecule has 1 heterocycles. The van der Waals surface area contributed by atoms with Crippen LogP contribution in [0, 0.1) is 5.92 Å². The van der Waals surface area contributed by atoms with Crippen molar-refractivity contribution in [1.82, 2.24) is 4.90 Å². The minimum Gasteiger partial charge on any atom is -0.493 e. The Balaban J connectivity index is 1.82. The van der Waals surface area contributed by atoms with Crippen LogP contribution >= 0.6 is 23.2 Å². The topological polar surface area (TPSA) is 55.6 Å². The van der Waals surface area contributed by atoms with Gasteiger partial charge in [0.05, 0.1) is 6.61 Å². The Bertz CT molecular complexity index is 440. The summed E-state index contributed by atoms with van der Waals surface area (Å²) in [5, 5.41) is 1.12. The molecule has 4 nitrogen and oxygen atoms in total. The smallest absolute Gasteiger partial charge is 0.314 e. The maximum absolute atomic E-state index is 11.0. The zero-order chi connectivity index (χ0) is 13.8. The number of halogens is 2. The summed E-state index contributed by atoms with van der Waals surface area (Å²) in [5.74, 6) is 1.10. The van der Waals surface area contributed by atoms with Crippen LogP contribution < -0.4 is 10.5 Å². The molecule has 19 heavy (non-hydrogen) atoms. The van der Waals surface area contributed by atoms with Crippen LogP contribution in [0.5, 0.6) is 5.75 Å². The SMILES string of the molecule is NC(=O)N1CCC(COc2cc(Cl)cc(Cl)c2)CC1. The number of likely N-dealkylation sites (tertiary alicyclic amines) is 1. The van der Waals surface area contributed by atoms with Crippen molar-refractivity contribution >= 4 is 29.2 Å². The van der Waals surface area contributed by atoms with Crippen LogP contribution in [0.2, 0.25) is 10.0 Å². The first kappa shape index (κ1) is 14.3. The molecule has 2 amide bonds. The Hall–Kier alpha value is -1.13. The van der Waals surface area contributed by atoms with Crippen molar-refractivity contribution in [3.05, 3.63) is 28.2 Å². The maximum atomic E-state index is 11.0. The lowest BCUT2D eigenvalue weighted by molar-refractivity contribution is 0.150. The van der Waals surface area contributed by atoms with E-state index in [1.54, 1.807) is 23.1 Å². The first-order valence-corrected chi connectivity index (χ1v) is 6.93. The summed E-state index contributed by atoms with van der Waals surface area (Å²) in [4.78, 5) is 12.7. The third kappa shape index (κ3) is 4.18. The molecule has 0 atom stereocenters. The lowest BCUT2D eigenvalue weighted by Crippen LogP contribution is -2.42. The summed E-state index contributed by atoms with van der Waals surface area (Å²) in [6.45, 7) is 1.99. The van der Waals surface area contributed by atoms with Gasteiger partial charge in [0.25, 0.3) is 0 Å². The summed E-state index contributed by atoms with van der Waals surface area (Å²) in [5.41, 5.74) is 5.24. The van der Waals surface area contributed by atoms with E-state index in [9.17, 15) is 4.79 Å². The molecular weight excluding hydrogens is 287 g/mol. The van der Waals surface area contributed by atoms with Gasteiger partial charge in [-0.05, 0) is 37.0 Å². The number of nitrogens with two attached hydrogens (primary N) is 1. The van der Waals surface area contributed by atoms with Gasteiger partial charge < -0.3 is 15.4 Å². The number of rotatable bonds is 3.